The number of benzene rings is 1. The number of hydrogen-bond acceptors (Lipinski definition) is 5. The largest absolute Gasteiger partial charge is 0.505 e. The van der Waals surface area contributed by atoms with Crippen molar-refractivity contribution in [3.05, 3.63) is 28.3 Å². The molecule has 3 N–H and O–H groups in total. The van der Waals surface area contributed by atoms with Crippen molar-refractivity contribution in [2.45, 2.75) is 31.7 Å². The molecule has 1 aliphatic rings. The Hall–Kier alpha value is -2.15. The molecule has 1 heterocycles. The summed E-state index contributed by atoms with van der Waals surface area (Å²) >= 11 is 0. The predicted molar refractivity (Wildman–Crippen MR) is 73.6 cm³/mol. The van der Waals surface area contributed by atoms with Gasteiger partial charge in [0, 0.05) is 6.07 Å². The first-order valence-corrected chi connectivity index (χ1v) is 6.60. The zero-order valence-electron chi connectivity index (χ0n) is 11.0. The zero-order valence-corrected chi connectivity index (χ0v) is 11.0. The second kappa shape index (κ2) is 6.33. The molecule has 0 aliphatic carbocycles. The highest BCUT2D eigenvalue weighted by atomic mass is 16.6. The van der Waals surface area contributed by atoms with Gasteiger partial charge in [0.1, 0.15) is 5.75 Å². The lowest BCUT2D eigenvalue weighted by atomic mass is 10.1. The number of nitro groups is 1. The van der Waals surface area contributed by atoms with Crippen LogP contribution >= 0.6 is 0 Å². The van der Waals surface area contributed by atoms with E-state index in [9.17, 15) is 20.0 Å². The van der Waals surface area contributed by atoms with Crippen LogP contribution in [0.1, 0.15) is 25.7 Å². The Morgan fingerprint density at radius 1 is 1.40 bits per heavy atom. The van der Waals surface area contributed by atoms with Crippen LogP contribution in [-0.4, -0.2) is 28.5 Å². The summed E-state index contributed by atoms with van der Waals surface area (Å²) in [5, 5.41) is 26.2. The van der Waals surface area contributed by atoms with Gasteiger partial charge in [0.05, 0.1) is 11.0 Å². The molecule has 1 amide bonds. The van der Waals surface area contributed by atoms with Gasteiger partial charge in [-0.2, -0.15) is 0 Å². The molecule has 1 fully saturated rings. The highest BCUT2D eigenvalue weighted by Gasteiger charge is 2.24. The normalized spacial score (nSPS) is 19.1. The summed E-state index contributed by atoms with van der Waals surface area (Å²) in [5.74, 6) is -0.655. The van der Waals surface area contributed by atoms with Crippen molar-refractivity contribution >= 4 is 17.3 Å². The van der Waals surface area contributed by atoms with Crippen LogP contribution in [0.25, 0.3) is 0 Å². The highest BCUT2D eigenvalue weighted by molar-refractivity contribution is 5.98. The Balaban J connectivity index is 2.16. The first-order chi connectivity index (χ1) is 9.59. The first-order valence-electron chi connectivity index (χ1n) is 6.60. The SMILES string of the molecule is O=C(Nc1c(O)cccc1[N+](=O)[O-])C1CCCCCN1. The Morgan fingerprint density at radius 2 is 2.20 bits per heavy atom. The number of aromatic hydroxyl groups is 1. The second-order valence-electron chi connectivity index (χ2n) is 4.77. The minimum absolute atomic E-state index is 0.145. The number of hydrogen-bond donors (Lipinski definition) is 3. The lowest BCUT2D eigenvalue weighted by molar-refractivity contribution is -0.384. The van der Waals surface area contributed by atoms with Crippen LogP contribution in [-0.2, 0) is 4.79 Å². The van der Waals surface area contributed by atoms with Crippen molar-refractivity contribution in [2.24, 2.45) is 0 Å². The maximum Gasteiger partial charge on any atom is 0.296 e. The van der Waals surface area contributed by atoms with Gasteiger partial charge in [-0.1, -0.05) is 18.9 Å². The number of nitrogens with one attached hydrogen (secondary N) is 2. The molecule has 108 valence electrons. The van der Waals surface area contributed by atoms with Crippen LogP contribution in [0.5, 0.6) is 5.75 Å². The molecular formula is C13H17N3O4. The fourth-order valence-corrected chi connectivity index (χ4v) is 2.27. The quantitative estimate of drug-likeness (QED) is 0.444. The predicted octanol–water partition coefficient (Wildman–Crippen LogP) is 1.77. The van der Waals surface area contributed by atoms with Crippen LogP contribution in [0, 0.1) is 10.1 Å². The summed E-state index contributed by atoms with van der Waals surface area (Å²) in [6.45, 7) is 0.751. The number of phenols is 1. The van der Waals surface area contributed by atoms with Crippen molar-refractivity contribution < 1.29 is 14.8 Å². The molecule has 0 saturated carbocycles. The van der Waals surface area contributed by atoms with E-state index in [-0.39, 0.29) is 29.1 Å². The molecule has 0 aromatic heterocycles. The summed E-state index contributed by atoms with van der Waals surface area (Å²) in [4.78, 5) is 22.4. The minimum Gasteiger partial charge on any atom is -0.505 e. The van der Waals surface area contributed by atoms with E-state index in [1.807, 2.05) is 0 Å². The first kappa shape index (κ1) is 14.3. The number of carbonyl (C=O) groups excluding carboxylic acids is 1. The zero-order chi connectivity index (χ0) is 14.5. The Morgan fingerprint density at radius 3 is 2.95 bits per heavy atom. The number of rotatable bonds is 3. The third-order valence-electron chi connectivity index (χ3n) is 3.34. The molecule has 1 aromatic carbocycles. The highest BCUT2D eigenvalue weighted by Crippen LogP contribution is 2.33. The topological polar surface area (TPSA) is 104 Å². The summed E-state index contributed by atoms with van der Waals surface area (Å²) in [6.07, 6.45) is 3.70. The molecular weight excluding hydrogens is 262 g/mol. The Bertz CT molecular complexity index is 510. The molecule has 1 atom stereocenters. The molecule has 20 heavy (non-hydrogen) atoms. The van der Waals surface area contributed by atoms with Crippen molar-refractivity contribution in [1.82, 2.24) is 5.32 Å². The number of anilines is 1. The van der Waals surface area contributed by atoms with Crippen LogP contribution < -0.4 is 10.6 Å². The smallest absolute Gasteiger partial charge is 0.296 e. The lowest BCUT2D eigenvalue weighted by Crippen LogP contribution is -2.39. The second-order valence-corrected chi connectivity index (χ2v) is 4.77. The molecule has 0 radical (unpaired) electrons. The van der Waals surface area contributed by atoms with E-state index in [1.165, 1.54) is 18.2 Å². The average Bonchev–Trinajstić information content (AvgIpc) is 2.69. The number of nitrogens with zero attached hydrogens (tertiary/aromatic N) is 1. The Labute approximate surface area is 116 Å². The van der Waals surface area contributed by atoms with Crippen molar-refractivity contribution in [1.29, 1.82) is 0 Å². The van der Waals surface area contributed by atoms with Gasteiger partial charge in [-0.05, 0) is 25.5 Å². The van der Waals surface area contributed by atoms with Gasteiger partial charge in [0.25, 0.3) is 5.69 Å². The van der Waals surface area contributed by atoms with Crippen LogP contribution in [0.2, 0.25) is 0 Å². The number of phenolic OH excluding ortho intramolecular Hbond substituents is 1. The van der Waals surface area contributed by atoms with Gasteiger partial charge in [-0.3, -0.25) is 14.9 Å². The van der Waals surface area contributed by atoms with Gasteiger partial charge in [0.2, 0.25) is 5.91 Å². The van der Waals surface area contributed by atoms with Crippen molar-refractivity contribution in [3.8, 4) is 5.75 Å². The molecule has 2 rings (SSSR count). The van der Waals surface area contributed by atoms with Gasteiger partial charge in [-0.25, -0.2) is 0 Å². The fourth-order valence-electron chi connectivity index (χ4n) is 2.27. The monoisotopic (exact) mass is 279 g/mol. The van der Waals surface area contributed by atoms with Crippen molar-refractivity contribution in [3.63, 3.8) is 0 Å². The molecule has 1 aromatic rings. The van der Waals surface area contributed by atoms with Gasteiger partial charge in [-0.15, -0.1) is 0 Å². The number of nitro benzene ring substituents is 1. The van der Waals surface area contributed by atoms with E-state index in [0.717, 1.165) is 25.8 Å². The third-order valence-corrected chi connectivity index (χ3v) is 3.34. The molecule has 1 aliphatic heterocycles. The Kier molecular flexibility index (Phi) is 4.52. The van der Waals surface area contributed by atoms with E-state index in [2.05, 4.69) is 10.6 Å². The van der Waals surface area contributed by atoms with Crippen LogP contribution in [0.15, 0.2) is 18.2 Å². The van der Waals surface area contributed by atoms with E-state index >= 15 is 0 Å². The molecule has 7 heteroatoms. The van der Waals surface area contributed by atoms with Crippen LogP contribution in [0.4, 0.5) is 11.4 Å². The van der Waals surface area contributed by atoms with Crippen LogP contribution in [0.3, 0.4) is 0 Å². The maximum absolute atomic E-state index is 12.1. The summed E-state index contributed by atoms with van der Waals surface area (Å²) in [5.41, 5.74) is -0.458. The number of carbonyl (C=O) groups is 1. The average molecular weight is 279 g/mol. The van der Waals surface area contributed by atoms with Gasteiger partial charge < -0.3 is 15.7 Å². The number of para-hydroxylation sites is 1. The lowest BCUT2D eigenvalue weighted by Gasteiger charge is -2.16. The number of amides is 1. The van der Waals surface area contributed by atoms with E-state index in [1.54, 1.807) is 0 Å². The summed E-state index contributed by atoms with van der Waals surface area (Å²) in [6, 6.07) is 3.54. The molecule has 7 nitrogen and oxygen atoms in total. The maximum atomic E-state index is 12.1. The fraction of sp³-hybridized carbons (Fsp3) is 0.462. The minimum atomic E-state index is -0.629. The summed E-state index contributed by atoms with van der Waals surface area (Å²) < 4.78 is 0. The van der Waals surface area contributed by atoms with E-state index in [0.29, 0.717) is 6.42 Å². The van der Waals surface area contributed by atoms with E-state index < -0.39 is 4.92 Å². The molecule has 1 saturated heterocycles. The summed E-state index contributed by atoms with van der Waals surface area (Å²) in [7, 11) is 0. The standard InChI is InChI=1S/C13H17N3O4/c17-11-7-4-6-10(16(19)20)12(11)15-13(18)9-5-2-1-3-8-14-9/h4,6-7,9,14,17H,1-3,5,8H2,(H,15,18). The van der Waals surface area contributed by atoms with E-state index in [4.69, 9.17) is 0 Å². The third kappa shape index (κ3) is 3.24. The van der Waals surface area contributed by atoms with Gasteiger partial charge >= 0.3 is 0 Å². The molecule has 0 bridgehead atoms. The molecule has 1 unspecified atom stereocenters. The van der Waals surface area contributed by atoms with Crippen molar-refractivity contribution in [2.75, 3.05) is 11.9 Å². The van der Waals surface area contributed by atoms with Gasteiger partial charge in [0.15, 0.2) is 5.69 Å². The molecule has 0 spiro atoms.